The molecule has 1 aromatic heterocycles. The topological polar surface area (TPSA) is 70.6 Å². The Morgan fingerprint density at radius 2 is 1.84 bits per heavy atom. The molecule has 1 atom stereocenters. The monoisotopic (exact) mass is 443 g/mol. The van der Waals surface area contributed by atoms with Crippen molar-refractivity contribution in [2.24, 2.45) is 5.92 Å². The van der Waals surface area contributed by atoms with E-state index in [1.807, 2.05) is 0 Å². The van der Waals surface area contributed by atoms with Crippen molar-refractivity contribution in [3.63, 3.8) is 0 Å². The zero-order valence-corrected chi connectivity index (χ0v) is 20.2. The molecule has 1 aliphatic carbocycles. The summed E-state index contributed by atoms with van der Waals surface area (Å²) in [5.74, 6) is 3.24. The van der Waals surface area contributed by atoms with Gasteiger partial charge in [-0.3, -0.25) is 9.69 Å². The third-order valence-electron chi connectivity index (χ3n) is 7.45. The molecular weight excluding hydrogens is 402 g/mol. The molecule has 7 heteroatoms. The Bertz CT molecular complexity index is 743. The van der Waals surface area contributed by atoms with Gasteiger partial charge < -0.3 is 15.0 Å². The van der Waals surface area contributed by atoms with Crippen molar-refractivity contribution in [1.82, 2.24) is 20.2 Å². The highest BCUT2D eigenvalue weighted by Crippen LogP contribution is 2.30. The molecule has 2 saturated heterocycles. The molecule has 0 bridgehead atoms. The van der Waals surface area contributed by atoms with E-state index in [4.69, 9.17) is 14.7 Å². The van der Waals surface area contributed by atoms with E-state index in [9.17, 15) is 4.79 Å². The van der Waals surface area contributed by atoms with Crippen molar-refractivity contribution in [1.29, 1.82) is 0 Å². The Balaban J connectivity index is 1.31. The number of ether oxygens (including phenoxy) is 1. The molecule has 7 nitrogen and oxygen atoms in total. The van der Waals surface area contributed by atoms with E-state index in [-0.39, 0.29) is 5.41 Å². The summed E-state index contributed by atoms with van der Waals surface area (Å²) in [4.78, 5) is 25.6. The number of carbonyl (C=O) groups excluding carboxylic acids is 1. The van der Waals surface area contributed by atoms with Gasteiger partial charge in [0.25, 0.3) is 0 Å². The Morgan fingerprint density at radius 3 is 2.47 bits per heavy atom. The first-order chi connectivity index (χ1) is 15.4. The number of rotatable bonds is 7. The molecule has 3 heterocycles. The zero-order chi connectivity index (χ0) is 22.6. The van der Waals surface area contributed by atoms with Crippen LogP contribution in [-0.2, 0) is 14.9 Å². The fourth-order valence-corrected chi connectivity index (χ4v) is 5.21. The van der Waals surface area contributed by atoms with Gasteiger partial charge in [-0.1, -0.05) is 20.8 Å². The van der Waals surface area contributed by atoms with E-state index >= 15 is 0 Å². The summed E-state index contributed by atoms with van der Waals surface area (Å²) in [7, 11) is 0. The number of piperazine rings is 1. The lowest BCUT2D eigenvalue weighted by Gasteiger charge is -2.37. The highest BCUT2D eigenvalue weighted by Gasteiger charge is 2.27. The summed E-state index contributed by atoms with van der Waals surface area (Å²) in [5.41, 5.74) is 1.09. The van der Waals surface area contributed by atoms with Gasteiger partial charge in [0.1, 0.15) is 11.6 Å². The lowest BCUT2D eigenvalue weighted by atomic mass is 9.84. The normalized spacial score (nSPS) is 27.5. The van der Waals surface area contributed by atoms with E-state index < -0.39 is 0 Å². The molecule has 1 unspecified atom stereocenters. The number of hydrogen-bond donors (Lipinski definition) is 1. The van der Waals surface area contributed by atoms with Crippen molar-refractivity contribution in [2.75, 3.05) is 50.8 Å². The van der Waals surface area contributed by atoms with E-state index in [0.29, 0.717) is 12.0 Å². The maximum absolute atomic E-state index is 10.6. The van der Waals surface area contributed by atoms with Crippen LogP contribution in [0, 0.1) is 5.92 Å². The summed E-state index contributed by atoms with van der Waals surface area (Å²) < 4.78 is 5.63. The van der Waals surface area contributed by atoms with E-state index in [0.717, 1.165) is 88.3 Å². The summed E-state index contributed by atoms with van der Waals surface area (Å²) in [6.45, 7) is 13.6. The van der Waals surface area contributed by atoms with Crippen LogP contribution in [0.15, 0.2) is 6.07 Å². The largest absolute Gasteiger partial charge is 0.381 e. The number of nitrogens with one attached hydrogen (secondary N) is 1. The molecular formula is C25H41N5O2. The molecule has 0 aromatic carbocycles. The fourth-order valence-electron chi connectivity index (χ4n) is 5.21. The van der Waals surface area contributed by atoms with Crippen LogP contribution in [0.1, 0.15) is 76.7 Å². The highest BCUT2D eigenvalue weighted by atomic mass is 16.5. The number of hydrogen-bond acceptors (Lipinski definition) is 6. The van der Waals surface area contributed by atoms with Gasteiger partial charge in [0.15, 0.2) is 0 Å². The van der Waals surface area contributed by atoms with Gasteiger partial charge in [-0.25, -0.2) is 9.97 Å². The summed E-state index contributed by atoms with van der Waals surface area (Å²) in [6.07, 6.45) is 7.95. The average molecular weight is 444 g/mol. The number of anilines is 1. The molecule has 32 heavy (non-hydrogen) atoms. The van der Waals surface area contributed by atoms with Crippen molar-refractivity contribution >= 4 is 12.2 Å². The first-order valence-electron chi connectivity index (χ1n) is 12.6. The molecule has 2 aliphatic heterocycles. The molecule has 1 aromatic rings. The van der Waals surface area contributed by atoms with Crippen molar-refractivity contribution in [3.8, 4) is 0 Å². The standard InChI is InChI=1S/C25H41N5O2/c1-25(2,3)24-27-22(20-9-15-32-17-20)16-23(28-24)30-13-11-29(12-14-30)10-8-19-4-6-21(7-5-19)26-18-31/h16,18-21H,4-15,17H2,1-3H3,(H,26,31)/t19-,20?,21-. The number of carbonyl (C=O) groups is 1. The van der Waals surface area contributed by atoms with Crippen LogP contribution in [0.3, 0.4) is 0 Å². The predicted molar refractivity (Wildman–Crippen MR) is 127 cm³/mol. The Morgan fingerprint density at radius 1 is 1.09 bits per heavy atom. The first kappa shape index (κ1) is 23.4. The van der Waals surface area contributed by atoms with E-state index in [1.54, 1.807) is 0 Å². The Kier molecular flexibility index (Phi) is 7.66. The number of amides is 1. The van der Waals surface area contributed by atoms with Crippen LogP contribution < -0.4 is 10.2 Å². The minimum atomic E-state index is -0.0632. The molecule has 3 aliphatic rings. The lowest BCUT2D eigenvalue weighted by Crippen LogP contribution is -2.47. The smallest absolute Gasteiger partial charge is 0.207 e. The second kappa shape index (κ2) is 10.5. The maximum Gasteiger partial charge on any atom is 0.207 e. The minimum Gasteiger partial charge on any atom is -0.381 e. The maximum atomic E-state index is 10.6. The van der Waals surface area contributed by atoms with E-state index in [1.165, 1.54) is 25.8 Å². The van der Waals surface area contributed by atoms with Crippen molar-refractivity contribution < 1.29 is 9.53 Å². The quantitative estimate of drug-likeness (QED) is 0.653. The van der Waals surface area contributed by atoms with Gasteiger partial charge in [0.2, 0.25) is 6.41 Å². The van der Waals surface area contributed by atoms with Gasteiger partial charge in [-0.15, -0.1) is 0 Å². The second-order valence-electron chi connectivity index (χ2n) is 10.9. The molecule has 1 amide bonds. The van der Waals surface area contributed by atoms with Gasteiger partial charge in [-0.05, 0) is 51.0 Å². The summed E-state index contributed by atoms with van der Waals surface area (Å²) in [5, 5.41) is 2.95. The van der Waals surface area contributed by atoms with Crippen LogP contribution >= 0.6 is 0 Å². The van der Waals surface area contributed by atoms with Crippen molar-refractivity contribution in [2.45, 2.75) is 76.7 Å². The molecule has 3 fully saturated rings. The summed E-state index contributed by atoms with van der Waals surface area (Å²) in [6, 6.07) is 2.62. The molecule has 1 N–H and O–H groups in total. The van der Waals surface area contributed by atoms with Gasteiger partial charge in [-0.2, -0.15) is 0 Å². The van der Waals surface area contributed by atoms with Gasteiger partial charge in [0.05, 0.1) is 12.3 Å². The molecule has 178 valence electrons. The van der Waals surface area contributed by atoms with Crippen LogP contribution in [0.25, 0.3) is 0 Å². The molecule has 0 spiro atoms. The van der Waals surface area contributed by atoms with Crippen LogP contribution in [0.4, 0.5) is 5.82 Å². The molecule has 4 rings (SSSR count). The number of nitrogens with zero attached hydrogens (tertiary/aromatic N) is 4. The van der Waals surface area contributed by atoms with Crippen molar-refractivity contribution in [3.05, 3.63) is 17.6 Å². The SMILES string of the molecule is CC(C)(C)c1nc(C2CCOC2)cc(N2CCN(CC[C@H]3CC[C@H](NC=O)CC3)CC2)n1. The van der Waals surface area contributed by atoms with Crippen LogP contribution in [-0.4, -0.2) is 73.3 Å². The van der Waals surface area contributed by atoms with E-state index in [2.05, 4.69) is 42.0 Å². The Labute approximate surface area is 193 Å². The lowest BCUT2D eigenvalue weighted by molar-refractivity contribution is -0.110. The molecule has 0 radical (unpaired) electrons. The second-order valence-corrected chi connectivity index (χ2v) is 10.9. The Hall–Kier alpha value is -1.73. The van der Waals surface area contributed by atoms with Gasteiger partial charge in [0, 0.05) is 56.2 Å². The zero-order valence-electron chi connectivity index (χ0n) is 20.2. The third kappa shape index (κ3) is 5.98. The predicted octanol–water partition coefficient (Wildman–Crippen LogP) is 3.09. The molecule has 1 saturated carbocycles. The average Bonchev–Trinajstić information content (AvgIpc) is 3.33. The fraction of sp³-hybridized carbons (Fsp3) is 0.800. The van der Waals surface area contributed by atoms with Crippen LogP contribution in [0.5, 0.6) is 0 Å². The first-order valence-corrected chi connectivity index (χ1v) is 12.6. The van der Waals surface area contributed by atoms with Gasteiger partial charge >= 0.3 is 0 Å². The summed E-state index contributed by atoms with van der Waals surface area (Å²) >= 11 is 0. The number of aromatic nitrogens is 2. The minimum absolute atomic E-state index is 0.0632. The van der Waals surface area contributed by atoms with Crippen LogP contribution in [0.2, 0.25) is 0 Å². The highest BCUT2D eigenvalue weighted by molar-refractivity contribution is 5.46. The third-order valence-corrected chi connectivity index (χ3v) is 7.45.